The number of hydrogen-bond donors (Lipinski definition) is 2. The summed E-state index contributed by atoms with van der Waals surface area (Å²) in [5, 5.41) is 5.56. The normalized spacial score (nSPS) is 10.9. The zero-order chi connectivity index (χ0) is 14.9. The van der Waals surface area contributed by atoms with E-state index in [2.05, 4.69) is 10.3 Å². The van der Waals surface area contributed by atoms with E-state index in [1.165, 1.54) is 0 Å². The SMILES string of the molecule is COCCOCCCCNc1ccc(N)c2cnccc12. The van der Waals surface area contributed by atoms with Crippen LogP contribution in [0.5, 0.6) is 0 Å². The van der Waals surface area contributed by atoms with Gasteiger partial charge in [-0.2, -0.15) is 0 Å². The number of aromatic nitrogens is 1. The maximum absolute atomic E-state index is 5.96. The molecule has 0 saturated carbocycles. The van der Waals surface area contributed by atoms with Crippen LogP contribution in [0.15, 0.2) is 30.6 Å². The average molecular weight is 289 g/mol. The van der Waals surface area contributed by atoms with E-state index in [1.54, 1.807) is 19.5 Å². The van der Waals surface area contributed by atoms with E-state index in [0.717, 1.165) is 48.1 Å². The van der Waals surface area contributed by atoms with Crippen LogP contribution in [0.4, 0.5) is 11.4 Å². The van der Waals surface area contributed by atoms with Crippen LogP contribution < -0.4 is 11.1 Å². The summed E-state index contributed by atoms with van der Waals surface area (Å²) in [5.41, 5.74) is 7.82. The van der Waals surface area contributed by atoms with Crippen LogP contribution in [-0.4, -0.2) is 38.5 Å². The highest BCUT2D eigenvalue weighted by Gasteiger charge is 2.03. The summed E-state index contributed by atoms with van der Waals surface area (Å²) in [6.07, 6.45) is 5.69. The van der Waals surface area contributed by atoms with Crippen LogP contribution in [-0.2, 0) is 9.47 Å². The number of nitrogens with one attached hydrogen (secondary N) is 1. The number of nitrogens with two attached hydrogens (primary N) is 1. The number of methoxy groups -OCH3 is 1. The van der Waals surface area contributed by atoms with E-state index in [-0.39, 0.29) is 0 Å². The third kappa shape index (κ3) is 4.58. The lowest BCUT2D eigenvalue weighted by molar-refractivity contribution is 0.0691. The highest BCUT2D eigenvalue weighted by atomic mass is 16.5. The van der Waals surface area contributed by atoms with Gasteiger partial charge in [-0.25, -0.2) is 0 Å². The van der Waals surface area contributed by atoms with Crippen molar-refractivity contribution in [3.8, 4) is 0 Å². The molecule has 0 unspecified atom stereocenters. The third-order valence-corrected chi connectivity index (χ3v) is 3.31. The van der Waals surface area contributed by atoms with Crippen molar-refractivity contribution in [2.75, 3.05) is 44.5 Å². The van der Waals surface area contributed by atoms with Crippen molar-refractivity contribution in [3.05, 3.63) is 30.6 Å². The van der Waals surface area contributed by atoms with E-state index in [0.29, 0.717) is 13.2 Å². The largest absolute Gasteiger partial charge is 0.398 e. The first-order valence-corrected chi connectivity index (χ1v) is 7.25. The molecule has 5 nitrogen and oxygen atoms in total. The predicted octanol–water partition coefficient (Wildman–Crippen LogP) is 2.67. The monoisotopic (exact) mass is 289 g/mol. The standard InChI is InChI=1S/C16H23N3O2/c1-20-10-11-21-9-3-2-7-19-16-5-4-15(17)14-12-18-8-6-13(14)16/h4-6,8,12,19H,2-3,7,9-11,17H2,1H3. The van der Waals surface area contributed by atoms with Crippen molar-refractivity contribution in [2.24, 2.45) is 0 Å². The Balaban J connectivity index is 1.78. The number of anilines is 2. The fourth-order valence-corrected chi connectivity index (χ4v) is 2.16. The number of nitrogen functional groups attached to an aromatic ring is 1. The van der Waals surface area contributed by atoms with Gasteiger partial charge in [-0.1, -0.05) is 0 Å². The van der Waals surface area contributed by atoms with Gasteiger partial charge in [0.2, 0.25) is 0 Å². The van der Waals surface area contributed by atoms with Crippen molar-refractivity contribution in [1.82, 2.24) is 4.98 Å². The summed E-state index contributed by atoms with van der Waals surface area (Å²) in [6, 6.07) is 5.93. The molecular formula is C16H23N3O2. The quantitative estimate of drug-likeness (QED) is 0.548. The Morgan fingerprint density at radius 1 is 1.10 bits per heavy atom. The number of ether oxygens (including phenoxy) is 2. The maximum atomic E-state index is 5.96. The molecule has 1 heterocycles. The Morgan fingerprint density at radius 2 is 2.00 bits per heavy atom. The summed E-state index contributed by atoms with van der Waals surface area (Å²) < 4.78 is 10.4. The number of nitrogens with zero attached hydrogens (tertiary/aromatic N) is 1. The number of rotatable bonds is 9. The van der Waals surface area contributed by atoms with E-state index < -0.39 is 0 Å². The molecule has 0 spiro atoms. The highest BCUT2D eigenvalue weighted by molar-refractivity contribution is 6.00. The van der Waals surface area contributed by atoms with E-state index in [9.17, 15) is 0 Å². The Hall–Kier alpha value is -1.85. The molecule has 2 rings (SSSR count). The first kappa shape index (κ1) is 15.5. The molecule has 0 bridgehead atoms. The van der Waals surface area contributed by atoms with E-state index >= 15 is 0 Å². The Morgan fingerprint density at radius 3 is 2.86 bits per heavy atom. The van der Waals surface area contributed by atoms with Gasteiger partial charge in [0.25, 0.3) is 0 Å². The summed E-state index contributed by atoms with van der Waals surface area (Å²) in [7, 11) is 1.68. The molecule has 0 amide bonds. The number of hydrogen-bond acceptors (Lipinski definition) is 5. The zero-order valence-corrected chi connectivity index (χ0v) is 12.5. The van der Waals surface area contributed by atoms with Crippen molar-refractivity contribution >= 4 is 22.1 Å². The molecule has 2 aromatic rings. The molecule has 0 saturated heterocycles. The summed E-state index contributed by atoms with van der Waals surface area (Å²) in [5.74, 6) is 0. The molecule has 0 aliphatic carbocycles. The molecule has 1 aromatic carbocycles. The number of unbranched alkanes of at least 4 members (excludes halogenated alkanes) is 1. The second-order valence-corrected chi connectivity index (χ2v) is 4.86. The number of benzene rings is 1. The molecule has 0 aliphatic rings. The van der Waals surface area contributed by atoms with Gasteiger partial charge in [-0.3, -0.25) is 4.98 Å². The molecule has 0 atom stereocenters. The van der Waals surface area contributed by atoms with Gasteiger partial charge in [0.1, 0.15) is 0 Å². The van der Waals surface area contributed by atoms with Gasteiger partial charge < -0.3 is 20.5 Å². The van der Waals surface area contributed by atoms with Gasteiger partial charge in [-0.05, 0) is 31.0 Å². The third-order valence-electron chi connectivity index (χ3n) is 3.31. The lowest BCUT2D eigenvalue weighted by Crippen LogP contribution is -2.06. The van der Waals surface area contributed by atoms with Gasteiger partial charge in [0, 0.05) is 54.8 Å². The number of pyridine rings is 1. The van der Waals surface area contributed by atoms with Gasteiger partial charge in [0.05, 0.1) is 13.2 Å². The van der Waals surface area contributed by atoms with Crippen LogP contribution in [0.25, 0.3) is 10.8 Å². The van der Waals surface area contributed by atoms with Gasteiger partial charge in [0.15, 0.2) is 0 Å². The van der Waals surface area contributed by atoms with Crippen molar-refractivity contribution in [3.63, 3.8) is 0 Å². The van der Waals surface area contributed by atoms with E-state index in [1.807, 2.05) is 18.2 Å². The van der Waals surface area contributed by atoms with Crippen molar-refractivity contribution in [1.29, 1.82) is 0 Å². The Bertz CT molecular complexity index is 560. The second kappa shape index (κ2) is 8.44. The molecule has 0 fully saturated rings. The minimum atomic E-state index is 0.656. The Labute approximate surface area is 125 Å². The molecule has 21 heavy (non-hydrogen) atoms. The summed E-state index contributed by atoms with van der Waals surface area (Å²) in [6.45, 7) is 3.01. The molecule has 114 valence electrons. The Kier molecular flexibility index (Phi) is 6.24. The fraction of sp³-hybridized carbons (Fsp3) is 0.438. The smallest absolute Gasteiger partial charge is 0.0700 e. The first-order chi connectivity index (χ1) is 10.3. The maximum Gasteiger partial charge on any atom is 0.0700 e. The summed E-state index contributed by atoms with van der Waals surface area (Å²) >= 11 is 0. The lowest BCUT2D eigenvalue weighted by atomic mass is 10.1. The van der Waals surface area contributed by atoms with Gasteiger partial charge in [-0.15, -0.1) is 0 Å². The average Bonchev–Trinajstić information content (AvgIpc) is 2.52. The second-order valence-electron chi connectivity index (χ2n) is 4.86. The molecular weight excluding hydrogens is 266 g/mol. The number of fused-ring (bicyclic) bond motifs is 1. The molecule has 3 N–H and O–H groups in total. The van der Waals surface area contributed by atoms with E-state index in [4.69, 9.17) is 15.2 Å². The molecule has 0 radical (unpaired) electrons. The van der Waals surface area contributed by atoms with Crippen LogP contribution in [0, 0.1) is 0 Å². The van der Waals surface area contributed by atoms with Crippen LogP contribution >= 0.6 is 0 Å². The molecule has 1 aromatic heterocycles. The topological polar surface area (TPSA) is 69.4 Å². The molecule has 0 aliphatic heterocycles. The highest BCUT2D eigenvalue weighted by Crippen LogP contribution is 2.27. The summed E-state index contributed by atoms with van der Waals surface area (Å²) in [4.78, 5) is 4.13. The van der Waals surface area contributed by atoms with Crippen LogP contribution in [0.1, 0.15) is 12.8 Å². The van der Waals surface area contributed by atoms with Crippen LogP contribution in [0.2, 0.25) is 0 Å². The van der Waals surface area contributed by atoms with Crippen LogP contribution in [0.3, 0.4) is 0 Å². The minimum absolute atomic E-state index is 0.656. The predicted molar refractivity (Wildman–Crippen MR) is 86.6 cm³/mol. The first-order valence-electron chi connectivity index (χ1n) is 7.25. The minimum Gasteiger partial charge on any atom is -0.398 e. The zero-order valence-electron chi connectivity index (χ0n) is 12.5. The lowest BCUT2D eigenvalue weighted by Gasteiger charge is -2.11. The van der Waals surface area contributed by atoms with Gasteiger partial charge >= 0.3 is 0 Å². The fourth-order valence-electron chi connectivity index (χ4n) is 2.16. The van der Waals surface area contributed by atoms with Crippen molar-refractivity contribution in [2.45, 2.75) is 12.8 Å². The van der Waals surface area contributed by atoms with Crippen molar-refractivity contribution < 1.29 is 9.47 Å². The molecule has 5 heteroatoms.